The second-order valence-corrected chi connectivity index (χ2v) is 6.30. The average Bonchev–Trinajstić information content (AvgIpc) is 3.13. The molecule has 5 nitrogen and oxygen atoms in total. The summed E-state index contributed by atoms with van der Waals surface area (Å²) in [6.07, 6.45) is 1.38. The van der Waals surface area contributed by atoms with Crippen molar-refractivity contribution < 1.29 is 4.79 Å². The third kappa shape index (κ3) is 6.83. The number of hydrogen-bond donors (Lipinski definition) is 3. The molecule has 0 saturated heterocycles. The number of nitrogens with one attached hydrogen (secondary N) is 3. The second-order valence-electron chi connectivity index (χ2n) is 5.27. The number of carbonyl (C=O) groups is 1. The van der Waals surface area contributed by atoms with Crippen LogP contribution in [-0.4, -0.2) is 32.0 Å². The summed E-state index contributed by atoms with van der Waals surface area (Å²) in [5.74, 6) is 0.753. The van der Waals surface area contributed by atoms with Crippen molar-refractivity contribution in [2.45, 2.75) is 19.4 Å². The van der Waals surface area contributed by atoms with Gasteiger partial charge >= 0.3 is 0 Å². The third-order valence-electron chi connectivity index (χ3n) is 3.44. The summed E-state index contributed by atoms with van der Waals surface area (Å²) in [5.41, 5.74) is 1.10. The van der Waals surface area contributed by atoms with Crippen molar-refractivity contribution in [1.29, 1.82) is 0 Å². The van der Waals surface area contributed by atoms with Gasteiger partial charge in [-0.15, -0.1) is 11.3 Å². The quantitative estimate of drug-likeness (QED) is 0.508. The van der Waals surface area contributed by atoms with Crippen LogP contribution in [0.5, 0.6) is 0 Å². The first-order valence-electron chi connectivity index (χ1n) is 8.05. The van der Waals surface area contributed by atoms with Gasteiger partial charge in [0.05, 0.1) is 0 Å². The van der Waals surface area contributed by atoms with Crippen molar-refractivity contribution in [3.8, 4) is 0 Å². The van der Waals surface area contributed by atoms with Crippen LogP contribution in [0.25, 0.3) is 0 Å². The van der Waals surface area contributed by atoms with E-state index in [9.17, 15) is 4.79 Å². The van der Waals surface area contributed by atoms with Crippen LogP contribution in [0.4, 0.5) is 0 Å². The molecule has 1 aromatic heterocycles. The maximum absolute atomic E-state index is 11.8. The van der Waals surface area contributed by atoms with Crippen LogP contribution in [0, 0.1) is 0 Å². The Bertz CT molecular complexity index is 626. The Morgan fingerprint density at radius 1 is 1.04 bits per heavy atom. The fraction of sp³-hybridized carbons (Fsp3) is 0.333. The molecule has 0 aliphatic rings. The molecule has 2 rings (SSSR count). The van der Waals surface area contributed by atoms with Crippen molar-refractivity contribution in [2.75, 3.05) is 20.1 Å². The Hall–Kier alpha value is -2.34. The van der Waals surface area contributed by atoms with Gasteiger partial charge in [-0.3, -0.25) is 9.79 Å². The fourth-order valence-electron chi connectivity index (χ4n) is 2.16. The fourth-order valence-corrected chi connectivity index (χ4v) is 2.87. The van der Waals surface area contributed by atoms with Crippen molar-refractivity contribution >= 4 is 23.2 Å². The van der Waals surface area contributed by atoms with Crippen molar-refractivity contribution in [3.05, 3.63) is 58.3 Å². The highest BCUT2D eigenvalue weighted by Crippen LogP contribution is 2.07. The van der Waals surface area contributed by atoms with Crippen molar-refractivity contribution in [3.63, 3.8) is 0 Å². The highest BCUT2D eigenvalue weighted by Gasteiger charge is 2.03. The highest BCUT2D eigenvalue weighted by molar-refractivity contribution is 7.09. The van der Waals surface area contributed by atoms with Gasteiger partial charge in [0.2, 0.25) is 5.91 Å². The van der Waals surface area contributed by atoms with Gasteiger partial charge < -0.3 is 16.0 Å². The molecule has 3 N–H and O–H groups in total. The largest absolute Gasteiger partial charge is 0.356 e. The van der Waals surface area contributed by atoms with E-state index < -0.39 is 0 Å². The predicted molar refractivity (Wildman–Crippen MR) is 100 cm³/mol. The van der Waals surface area contributed by atoms with Crippen LogP contribution in [0.1, 0.15) is 16.9 Å². The Morgan fingerprint density at radius 3 is 2.54 bits per heavy atom. The third-order valence-corrected chi connectivity index (χ3v) is 4.38. The highest BCUT2D eigenvalue weighted by atomic mass is 32.1. The number of benzene rings is 1. The van der Waals surface area contributed by atoms with Crippen LogP contribution in [-0.2, 0) is 17.8 Å². The minimum atomic E-state index is 0.0281. The lowest BCUT2D eigenvalue weighted by atomic mass is 10.2. The summed E-state index contributed by atoms with van der Waals surface area (Å²) in [6.45, 7) is 1.94. The van der Waals surface area contributed by atoms with Gasteiger partial charge in [-0.2, -0.15) is 0 Å². The summed E-state index contributed by atoms with van der Waals surface area (Å²) in [4.78, 5) is 17.4. The molecule has 1 aromatic carbocycles. The molecule has 24 heavy (non-hydrogen) atoms. The van der Waals surface area contributed by atoms with Gasteiger partial charge in [0.25, 0.3) is 0 Å². The molecule has 1 heterocycles. The number of thiophene rings is 1. The zero-order chi connectivity index (χ0) is 17.0. The molecule has 6 heteroatoms. The van der Waals surface area contributed by atoms with Gasteiger partial charge in [-0.05, 0) is 23.4 Å². The van der Waals surface area contributed by atoms with Crippen LogP contribution in [0.2, 0.25) is 0 Å². The first-order valence-corrected chi connectivity index (χ1v) is 8.93. The van der Waals surface area contributed by atoms with E-state index in [1.54, 1.807) is 18.4 Å². The van der Waals surface area contributed by atoms with E-state index in [1.807, 2.05) is 30.3 Å². The SMILES string of the molecule is CN=C(NCCC(=O)NCc1ccccc1)NCCc1cccs1. The van der Waals surface area contributed by atoms with Crippen LogP contribution < -0.4 is 16.0 Å². The Labute approximate surface area is 147 Å². The monoisotopic (exact) mass is 344 g/mol. The molecule has 0 fully saturated rings. The Morgan fingerprint density at radius 2 is 1.83 bits per heavy atom. The zero-order valence-corrected chi connectivity index (χ0v) is 14.7. The molecule has 0 aliphatic carbocycles. The van der Waals surface area contributed by atoms with Gasteiger partial charge in [0, 0.05) is 38.0 Å². The lowest BCUT2D eigenvalue weighted by Gasteiger charge is -2.11. The van der Waals surface area contributed by atoms with E-state index in [2.05, 4.69) is 38.5 Å². The molecule has 0 saturated carbocycles. The molecule has 1 amide bonds. The van der Waals surface area contributed by atoms with Gasteiger partial charge in [-0.1, -0.05) is 36.4 Å². The Kier molecular flexibility index (Phi) is 7.83. The van der Waals surface area contributed by atoms with Crippen LogP contribution >= 0.6 is 11.3 Å². The van der Waals surface area contributed by atoms with E-state index >= 15 is 0 Å². The van der Waals surface area contributed by atoms with E-state index in [0.29, 0.717) is 19.5 Å². The summed E-state index contributed by atoms with van der Waals surface area (Å²) in [5, 5.41) is 11.4. The number of carbonyl (C=O) groups excluding carboxylic acids is 1. The van der Waals surface area contributed by atoms with Crippen molar-refractivity contribution in [2.24, 2.45) is 4.99 Å². The average molecular weight is 344 g/mol. The maximum atomic E-state index is 11.8. The number of guanidine groups is 1. The lowest BCUT2D eigenvalue weighted by Crippen LogP contribution is -2.40. The predicted octanol–water partition coefficient (Wildman–Crippen LogP) is 2.16. The van der Waals surface area contributed by atoms with E-state index in [0.717, 1.165) is 24.5 Å². The topological polar surface area (TPSA) is 65.5 Å². The Balaban J connectivity index is 1.58. The summed E-state index contributed by atoms with van der Waals surface area (Å²) < 4.78 is 0. The number of hydrogen-bond acceptors (Lipinski definition) is 3. The van der Waals surface area contributed by atoms with E-state index in [-0.39, 0.29) is 5.91 Å². The number of nitrogens with zero attached hydrogens (tertiary/aromatic N) is 1. The minimum absolute atomic E-state index is 0.0281. The maximum Gasteiger partial charge on any atom is 0.222 e. The van der Waals surface area contributed by atoms with E-state index in [1.165, 1.54) is 4.88 Å². The molecule has 128 valence electrons. The molecular weight excluding hydrogens is 320 g/mol. The van der Waals surface area contributed by atoms with Gasteiger partial charge in [0.1, 0.15) is 0 Å². The molecule has 0 spiro atoms. The second kappa shape index (κ2) is 10.4. The summed E-state index contributed by atoms with van der Waals surface area (Å²) in [7, 11) is 1.73. The van der Waals surface area contributed by atoms with Crippen LogP contribution in [0.3, 0.4) is 0 Å². The first kappa shape index (κ1) is 18.0. The summed E-state index contributed by atoms with van der Waals surface area (Å²) >= 11 is 1.75. The first-order chi connectivity index (χ1) is 11.8. The molecular formula is C18H24N4OS. The normalized spacial score (nSPS) is 11.1. The standard InChI is InChI=1S/C18H24N4OS/c1-19-18(20-11-9-16-8-5-13-24-16)21-12-10-17(23)22-14-15-6-3-2-4-7-15/h2-8,13H,9-12,14H2,1H3,(H,22,23)(H2,19,20,21). The number of amides is 1. The van der Waals surface area contributed by atoms with Gasteiger partial charge in [-0.25, -0.2) is 0 Å². The molecule has 0 bridgehead atoms. The zero-order valence-electron chi connectivity index (χ0n) is 13.9. The number of aliphatic imine (C=N–C) groups is 1. The molecule has 0 atom stereocenters. The van der Waals surface area contributed by atoms with Gasteiger partial charge in [0.15, 0.2) is 5.96 Å². The summed E-state index contributed by atoms with van der Waals surface area (Å²) in [6, 6.07) is 14.1. The molecule has 0 radical (unpaired) electrons. The number of rotatable bonds is 8. The molecule has 0 aliphatic heterocycles. The molecule has 2 aromatic rings. The smallest absolute Gasteiger partial charge is 0.222 e. The van der Waals surface area contributed by atoms with E-state index in [4.69, 9.17) is 0 Å². The molecule has 0 unspecified atom stereocenters. The minimum Gasteiger partial charge on any atom is -0.356 e. The van der Waals surface area contributed by atoms with Crippen molar-refractivity contribution in [1.82, 2.24) is 16.0 Å². The van der Waals surface area contributed by atoms with Crippen LogP contribution in [0.15, 0.2) is 52.8 Å². The lowest BCUT2D eigenvalue weighted by molar-refractivity contribution is -0.121.